The van der Waals surface area contributed by atoms with Gasteiger partial charge in [-0.05, 0) is 56.8 Å². The summed E-state index contributed by atoms with van der Waals surface area (Å²) in [6, 6.07) is 9.12. The number of hydrogen-bond acceptors (Lipinski definition) is 3. The Kier molecular flexibility index (Phi) is 5.80. The number of rotatable bonds is 7. The lowest BCUT2D eigenvalue weighted by atomic mass is 9.83. The Morgan fingerprint density at radius 3 is 2.57 bits per heavy atom. The highest BCUT2D eigenvalue weighted by Crippen LogP contribution is 2.36. The third-order valence-corrected chi connectivity index (χ3v) is 5.16. The van der Waals surface area contributed by atoms with E-state index in [0.29, 0.717) is 0 Å². The maximum Gasteiger partial charge on any atom is 0.0641 e. The van der Waals surface area contributed by atoms with Crippen molar-refractivity contribution >= 4 is 0 Å². The predicted molar refractivity (Wildman–Crippen MR) is 90.0 cm³/mol. The van der Waals surface area contributed by atoms with Gasteiger partial charge in [-0.2, -0.15) is 0 Å². The van der Waals surface area contributed by atoms with E-state index in [1.54, 1.807) is 0 Å². The van der Waals surface area contributed by atoms with Gasteiger partial charge < -0.3 is 0 Å². The van der Waals surface area contributed by atoms with Crippen molar-refractivity contribution in [1.82, 2.24) is 10.3 Å². The van der Waals surface area contributed by atoms with E-state index in [1.165, 1.54) is 43.5 Å². The quantitative estimate of drug-likeness (QED) is 0.597. The van der Waals surface area contributed by atoms with Crippen molar-refractivity contribution in [1.29, 1.82) is 0 Å². The summed E-state index contributed by atoms with van der Waals surface area (Å²) in [6.07, 6.45) is 6.03. The number of nitrogens with one attached hydrogen (secondary N) is 1. The number of aryl methyl sites for hydroxylation is 1. The summed E-state index contributed by atoms with van der Waals surface area (Å²) in [6.45, 7) is 9.24. The predicted octanol–water partition coefficient (Wildman–Crippen LogP) is 3.41. The molecule has 1 heterocycles. The van der Waals surface area contributed by atoms with Crippen molar-refractivity contribution in [2.75, 3.05) is 13.1 Å². The molecule has 3 heteroatoms. The van der Waals surface area contributed by atoms with Crippen LogP contribution in [0.25, 0.3) is 0 Å². The largest absolute Gasteiger partial charge is 0.296 e. The zero-order chi connectivity index (χ0) is 15.3. The minimum atomic E-state index is 0.0795. The number of nitrogens with two attached hydrogens (primary N) is 1. The van der Waals surface area contributed by atoms with Crippen LogP contribution in [0.1, 0.15) is 63.6 Å². The SMILES string of the molecule is CCCc1cccc(C(NN)C(C)(CC)N2CCCC2)c1. The molecule has 0 saturated carbocycles. The molecular formula is C18H31N3. The summed E-state index contributed by atoms with van der Waals surface area (Å²) in [5.74, 6) is 5.98. The maximum atomic E-state index is 5.98. The fourth-order valence-corrected chi connectivity index (χ4v) is 3.69. The Morgan fingerprint density at radius 1 is 1.29 bits per heavy atom. The second-order valence-corrected chi connectivity index (χ2v) is 6.50. The molecule has 0 aromatic heterocycles. The normalized spacial score (nSPS) is 20.4. The molecular weight excluding hydrogens is 258 g/mol. The zero-order valence-electron chi connectivity index (χ0n) is 13.9. The summed E-state index contributed by atoms with van der Waals surface area (Å²) in [4.78, 5) is 2.62. The minimum Gasteiger partial charge on any atom is -0.296 e. The Hall–Kier alpha value is -0.900. The average Bonchev–Trinajstić information content (AvgIpc) is 3.03. The van der Waals surface area contributed by atoms with Crippen molar-refractivity contribution < 1.29 is 0 Å². The third kappa shape index (κ3) is 3.47. The highest BCUT2D eigenvalue weighted by atomic mass is 15.3. The average molecular weight is 289 g/mol. The van der Waals surface area contributed by atoms with E-state index in [0.717, 1.165) is 12.8 Å². The summed E-state index contributed by atoms with van der Waals surface area (Å²) in [7, 11) is 0. The van der Waals surface area contributed by atoms with Crippen LogP contribution in [0.15, 0.2) is 24.3 Å². The Labute approximate surface area is 129 Å². The fraction of sp³-hybridized carbons (Fsp3) is 0.667. The first-order chi connectivity index (χ1) is 10.2. The molecule has 2 atom stereocenters. The molecule has 1 fully saturated rings. The van der Waals surface area contributed by atoms with Gasteiger partial charge in [0.05, 0.1) is 6.04 Å². The van der Waals surface area contributed by atoms with Gasteiger partial charge in [-0.15, -0.1) is 0 Å². The molecule has 2 rings (SSSR count). The van der Waals surface area contributed by atoms with Crippen LogP contribution in [0, 0.1) is 0 Å². The Balaban J connectivity index is 2.29. The van der Waals surface area contributed by atoms with Crippen LogP contribution in [0.4, 0.5) is 0 Å². The van der Waals surface area contributed by atoms with Gasteiger partial charge >= 0.3 is 0 Å². The lowest BCUT2D eigenvalue weighted by Crippen LogP contribution is -2.54. The van der Waals surface area contributed by atoms with Gasteiger partial charge in [0.15, 0.2) is 0 Å². The molecule has 1 aliphatic heterocycles. The molecule has 3 N–H and O–H groups in total. The van der Waals surface area contributed by atoms with Gasteiger partial charge in [0.1, 0.15) is 0 Å². The molecule has 1 saturated heterocycles. The highest BCUT2D eigenvalue weighted by molar-refractivity contribution is 5.29. The van der Waals surface area contributed by atoms with Crippen LogP contribution in [-0.4, -0.2) is 23.5 Å². The molecule has 21 heavy (non-hydrogen) atoms. The second kappa shape index (κ2) is 7.39. The maximum absolute atomic E-state index is 5.98. The molecule has 118 valence electrons. The standard InChI is InChI=1S/C18H31N3/c1-4-9-15-10-8-11-16(14-15)17(20-19)18(3,5-2)21-12-6-7-13-21/h8,10-11,14,17,20H,4-7,9,12-13,19H2,1-3H3. The van der Waals surface area contributed by atoms with E-state index in [9.17, 15) is 0 Å². The summed E-state index contributed by atoms with van der Waals surface area (Å²) in [5.41, 5.74) is 5.93. The first-order valence-corrected chi connectivity index (χ1v) is 8.45. The van der Waals surface area contributed by atoms with Crippen LogP contribution in [-0.2, 0) is 6.42 Å². The summed E-state index contributed by atoms with van der Waals surface area (Å²) < 4.78 is 0. The van der Waals surface area contributed by atoms with Crippen LogP contribution >= 0.6 is 0 Å². The Morgan fingerprint density at radius 2 is 2.00 bits per heavy atom. The van der Waals surface area contributed by atoms with E-state index in [1.807, 2.05) is 0 Å². The van der Waals surface area contributed by atoms with Crippen molar-refractivity contribution in [3.05, 3.63) is 35.4 Å². The van der Waals surface area contributed by atoms with E-state index < -0.39 is 0 Å². The smallest absolute Gasteiger partial charge is 0.0641 e. The van der Waals surface area contributed by atoms with E-state index in [-0.39, 0.29) is 11.6 Å². The van der Waals surface area contributed by atoms with Crippen molar-refractivity contribution in [3.8, 4) is 0 Å². The first-order valence-electron chi connectivity index (χ1n) is 8.45. The molecule has 3 nitrogen and oxygen atoms in total. The van der Waals surface area contributed by atoms with Gasteiger partial charge in [0.25, 0.3) is 0 Å². The van der Waals surface area contributed by atoms with Crippen molar-refractivity contribution in [3.63, 3.8) is 0 Å². The van der Waals surface area contributed by atoms with Crippen LogP contribution < -0.4 is 11.3 Å². The number of nitrogens with zero attached hydrogens (tertiary/aromatic N) is 1. The summed E-state index contributed by atoms with van der Waals surface area (Å²) >= 11 is 0. The van der Waals surface area contributed by atoms with E-state index in [4.69, 9.17) is 5.84 Å². The van der Waals surface area contributed by atoms with E-state index in [2.05, 4.69) is 55.4 Å². The highest BCUT2D eigenvalue weighted by Gasteiger charge is 2.39. The molecule has 0 aliphatic carbocycles. The first kappa shape index (κ1) is 16.5. The molecule has 1 aromatic rings. The van der Waals surface area contributed by atoms with Crippen LogP contribution in [0.5, 0.6) is 0 Å². The molecule has 0 amide bonds. The van der Waals surface area contributed by atoms with Crippen LogP contribution in [0.2, 0.25) is 0 Å². The molecule has 1 aromatic carbocycles. The van der Waals surface area contributed by atoms with Gasteiger partial charge in [-0.3, -0.25) is 16.2 Å². The fourth-order valence-electron chi connectivity index (χ4n) is 3.69. The molecule has 0 spiro atoms. The van der Waals surface area contributed by atoms with Crippen LogP contribution in [0.3, 0.4) is 0 Å². The molecule has 0 bridgehead atoms. The van der Waals surface area contributed by atoms with Gasteiger partial charge in [-0.1, -0.05) is 44.5 Å². The zero-order valence-corrected chi connectivity index (χ0v) is 13.9. The summed E-state index contributed by atoms with van der Waals surface area (Å²) in [5, 5.41) is 0. The third-order valence-electron chi connectivity index (χ3n) is 5.16. The lowest BCUT2D eigenvalue weighted by molar-refractivity contribution is 0.0840. The number of likely N-dealkylation sites (tertiary alicyclic amines) is 1. The van der Waals surface area contributed by atoms with Crippen molar-refractivity contribution in [2.24, 2.45) is 5.84 Å². The minimum absolute atomic E-state index is 0.0795. The number of hydrogen-bond donors (Lipinski definition) is 2. The topological polar surface area (TPSA) is 41.3 Å². The Bertz CT molecular complexity index is 440. The number of hydrazine groups is 1. The van der Waals surface area contributed by atoms with Gasteiger partial charge in [-0.25, -0.2) is 0 Å². The molecule has 2 unspecified atom stereocenters. The second-order valence-electron chi connectivity index (χ2n) is 6.50. The lowest BCUT2D eigenvalue weighted by Gasteiger charge is -2.44. The van der Waals surface area contributed by atoms with Gasteiger partial charge in [0, 0.05) is 5.54 Å². The number of benzene rings is 1. The monoisotopic (exact) mass is 289 g/mol. The van der Waals surface area contributed by atoms with Crippen molar-refractivity contribution in [2.45, 2.75) is 64.5 Å². The van der Waals surface area contributed by atoms with E-state index >= 15 is 0 Å². The molecule has 0 radical (unpaired) electrons. The molecule has 1 aliphatic rings. The van der Waals surface area contributed by atoms with Gasteiger partial charge in [0.2, 0.25) is 0 Å².